The first-order valence-electron chi connectivity index (χ1n) is 5.93. The summed E-state index contributed by atoms with van der Waals surface area (Å²) < 4.78 is 2.23. The van der Waals surface area contributed by atoms with Crippen molar-refractivity contribution in [3.8, 4) is 5.00 Å². The number of thiophene rings is 1. The van der Waals surface area contributed by atoms with Crippen molar-refractivity contribution < 1.29 is 0 Å². The van der Waals surface area contributed by atoms with E-state index in [1.54, 1.807) is 11.3 Å². The summed E-state index contributed by atoms with van der Waals surface area (Å²) in [6, 6.07) is 10.4. The average Bonchev–Trinajstić information content (AvgIpc) is 3.03. The number of benzene rings is 1. The lowest BCUT2D eigenvalue weighted by Gasteiger charge is -2.05. The number of fused-ring (bicyclic) bond motifs is 1. The van der Waals surface area contributed by atoms with Gasteiger partial charge in [-0.25, -0.2) is 4.98 Å². The number of aromatic nitrogens is 2. The predicted molar refractivity (Wildman–Crippen MR) is 77.9 cm³/mol. The molecule has 2 nitrogen and oxygen atoms in total. The summed E-state index contributed by atoms with van der Waals surface area (Å²) >= 11 is 7.65. The predicted octanol–water partition coefficient (Wildman–Crippen LogP) is 4.39. The fourth-order valence-corrected chi connectivity index (χ4v) is 3.06. The van der Waals surface area contributed by atoms with Crippen molar-refractivity contribution in [2.24, 2.45) is 0 Å². The van der Waals surface area contributed by atoms with Crippen molar-refractivity contribution in [3.05, 3.63) is 47.1 Å². The van der Waals surface area contributed by atoms with E-state index in [-0.39, 0.29) is 0 Å². The van der Waals surface area contributed by atoms with Gasteiger partial charge in [-0.05, 0) is 35.2 Å². The van der Waals surface area contributed by atoms with Crippen molar-refractivity contribution in [1.29, 1.82) is 0 Å². The van der Waals surface area contributed by atoms with Crippen LogP contribution in [0.5, 0.6) is 0 Å². The van der Waals surface area contributed by atoms with Crippen LogP contribution in [0.15, 0.2) is 35.7 Å². The molecule has 0 N–H and O–H groups in total. The topological polar surface area (TPSA) is 17.8 Å². The molecule has 2 aromatic heterocycles. The third kappa shape index (κ3) is 1.84. The van der Waals surface area contributed by atoms with E-state index in [1.165, 1.54) is 5.00 Å². The number of aryl methyl sites for hydroxylation is 1. The molecule has 0 unspecified atom stereocenters. The molecule has 0 atom stereocenters. The molecule has 18 heavy (non-hydrogen) atoms. The fraction of sp³-hybridized carbons (Fsp3) is 0.214. The molecule has 0 fully saturated rings. The second-order valence-corrected chi connectivity index (χ2v) is 5.32. The highest BCUT2D eigenvalue weighted by Crippen LogP contribution is 2.26. The fourth-order valence-electron chi connectivity index (χ4n) is 2.13. The molecular formula is C14H13ClN2S. The zero-order chi connectivity index (χ0) is 12.5. The Kier molecular flexibility index (Phi) is 3.10. The highest BCUT2D eigenvalue weighted by Gasteiger charge is 2.12. The number of nitrogens with zero attached hydrogens (tertiary/aromatic N) is 2. The molecule has 0 radical (unpaired) electrons. The molecule has 2 heterocycles. The Morgan fingerprint density at radius 1 is 1.33 bits per heavy atom. The molecule has 0 amide bonds. The number of halogens is 1. The van der Waals surface area contributed by atoms with Crippen LogP contribution in [0.4, 0.5) is 0 Å². The first kappa shape index (κ1) is 11.8. The summed E-state index contributed by atoms with van der Waals surface area (Å²) in [5.74, 6) is 1.63. The van der Waals surface area contributed by atoms with E-state index in [0.29, 0.717) is 5.88 Å². The summed E-state index contributed by atoms with van der Waals surface area (Å²) in [5, 5.41) is 3.30. The van der Waals surface area contributed by atoms with Crippen LogP contribution in [-0.2, 0) is 12.3 Å². The molecule has 92 valence electrons. The Bertz CT molecular complexity index is 670. The van der Waals surface area contributed by atoms with Gasteiger partial charge < -0.3 is 0 Å². The Morgan fingerprint density at radius 3 is 2.89 bits per heavy atom. The van der Waals surface area contributed by atoms with Gasteiger partial charge >= 0.3 is 0 Å². The van der Waals surface area contributed by atoms with E-state index >= 15 is 0 Å². The van der Waals surface area contributed by atoms with Gasteiger partial charge in [0, 0.05) is 12.3 Å². The third-order valence-electron chi connectivity index (χ3n) is 2.99. The first-order valence-corrected chi connectivity index (χ1v) is 7.35. The van der Waals surface area contributed by atoms with Crippen LogP contribution in [0.3, 0.4) is 0 Å². The van der Waals surface area contributed by atoms with Crippen LogP contribution < -0.4 is 0 Å². The Labute approximate surface area is 115 Å². The van der Waals surface area contributed by atoms with E-state index in [1.807, 2.05) is 6.07 Å². The van der Waals surface area contributed by atoms with Gasteiger partial charge in [-0.1, -0.05) is 13.0 Å². The lowest BCUT2D eigenvalue weighted by Crippen LogP contribution is -1.97. The van der Waals surface area contributed by atoms with Crippen molar-refractivity contribution in [2.75, 3.05) is 0 Å². The monoisotopic (exact) mass is 276 g/mol. The maximum Gasteiger partial charge on any atom is 0.114 e. The normalized spacial score (nSPS) is 11.2. The number of hydrogen-bond donors (Lipinski definition) is 0. The summed E-state index contributed by atoms with van der Waals surface area (Å²) in [6.45, 7) is 2.13. The van der Waals surface area contributed by atoms with Gasteiger partial charge in [0.2, 0.25) is 0 Å². The van der Waals surface area contributed by atoms with Gasteiger partial charge in [0.25, 0.3) is 0 Å². The Balaban J connectivity index is 2.32. The number of alkyl halides is 1. The van der Waals surface area contributed by atoms with Crippen molar-refractivity contribution in [3.63, 3.8) is 0 Å². The molecule has 0 saturated heterocycles. The molecule has 0 aliphatic carbocycles. The standard InChI is InChI=1S/C14H13ClN2S/c1-2-13-16-11-6-5-10(9-15)8-12(11)17(13)14-4-3-7-18-14/h3-8H,2,9H2,1H3. The number of rotatable bonds is 3. The minimum absolute atomic E-state index is 0.535. The molecule has 0 aliphatic rings. The third-order valence-corrected chi connectivity index (χ3v) is 4.15. The van der Waals surface area contributed by atoms with E-state index in [0.717, 1.165) is 28.8 Å². The highest BCUT2D eigenvalue weighted by atomic mass is 35.5. The van der Waals surface area contributed by atoms with Gasteiger partial charge in [0.1, 0.15) is 10.8 Å². The Morgan fingerprint density at radius 2 is 2.22 bits per heavy atom. The largest absolute Gasteiger partial charge is 0.287 e. The minimum atomic E-state index is 0.535. The van der Waals surface area contributed by atoms with Crippen molar-refractivity contribution in [2.45, 2.75) is 19.2 Å². The van der Waals surface area contributed by atoms with Crippen LogP contribution in [0, 0.1) is 0 Å². The molecule has 3 rings (SSSR count). The summed E-state index contributed by atoms with van der Waals surface area (Å²) in [4.78, 5) is 4.69. The molecule has 3 aromatic rings. The van der Waals surface area contributed by atoms with Crippen molar-refractivity contribution >= 4 is 34.0 Å². The van der Waals surface area contributed by atoms with Crippen LogP contribution in [0.25, 0.3) is 16.0 Å². The Hall–Kier alpha value is -1.32. The summed E-state index contributed by atoms with van der Waals surface area (Å²) in [7, 11) is 0. The zero-order valence-electron chi connectivity index (χ0n) is 10.1. The van der Waals surface area contributed by atoms with Crippen molar-refractivity contribution in [1.82, 2.24) is 9.55 Å². The molecular weight excluding hydrogens is 264 g/mol. The summed E-state index contributed by atoms with van der Waals surface area (Å²) in [5.41, 5.74) is 3.31. The van der Waals surface area contributed by atoms with Gasteiger partial charge in [0.15, 0.2) is 0 Å². The van der Waals surface area contributed by atoms with Gasteiger partial charge in [0.05, 0.1) is 11.0 Å². The second kappa shape index (κ2) is 4.75. The molecule has 4 heteroatoms. The molecule has 1 aromatic carbocycles. The summed E-state index contributed by atoms with van der Waals surface area (Å²) in [6.07, 6.45) is 0.919. The maximum atomic E-state index is 5.92. The lowest BCUT2D eigenvalue weighted by molar-refractivity contribution is 0.918. The van der Waals surface area contributed by atoms with Crippen LogP contribution in [-0.4, -0.2) is 9.55 Å². The second-order valence-electron chi connectivity index (χ2n) is 4.12. The smallest absolute Gasteiger partial charge is 0.114 e. The van der Waals surface area contributed by atoms with Gasteiger partial charge in [-0.15, -0.1) is 22.9 Å². The lowest BCUT2D eigenvalue weighted by atomic mass is 10.2. The van der Waals surface area contributed by atoms with E-state index in [4.69, 9.17) is 11.6 Å². The SMILES string of the molecule is CCc1nc2ccc(CCl)cc2n1-c1cccs1. The van der Waals surface area contributed by atoms with Crippen LogP contribution in [0.1, 0.15) is 18.3 Å². The molecule has 0 saturated carbocycles. The van der Waals surface area contributed by atoms with Gasteiger partial charge in [-0.3, -0.25) is 4.57 Å². The quantitative estimate of drug-likeness (QED) is 0.649. The average molecular weight is 277 g/mol. The number of imidazole rings is 1. The van der Waals surface area contributed by atoms with Crippen LogP contribution >= 0.6 is 22.9 Å². The minimum Gasteiger partial charge on any atom is -0.287 e. The first-order chi connectivity index (χ1) is 8.83. The van der Waals surface area contributed by atoms with E-state index in [2.05, 4.69) is 46.1 Å². The number of hydrogen-bond acceptors (Lipinski definition) is 2. The maximum absolute atomic E-state index is 5.92. The van der Waals surface area contributed by atoms with Gasteiger partial charge in [-0.2, -0.15) is 0 Å². The zero-order valence-corrected chi connectivity index (χ0v) is 11.6. The van der Waals surface area contributed by atoms with Crippen LogP contribution in [0.2, 0.25) is 0 Å². The van der Waals surface area contributed by atoms with E-state index < -0.39 is 0 Å². The highest BCUT2D eigenvalue weighted by molar-refractivity contribution is 7.12. The molecule has 0 aliphatic heterocycles. The van der Waals surface area contributed by atoms with E-state index in [9.17, 15) is 0 Å². The molecule has 0 spiro atoms. The molecule has 0 bridgehead atoms.